The Morgan fingerprint density at radius 1 is 1.07 bits per heavy atom. The minimum absolute atomic E-state index is 0.315. The van der Waals surface area contributed by atoms with Crippen LogP contribution in [0.2, 0.25) is 5.02 Å². The largest absolute Gasteiger partial charge is 0.462 e. The van der Waals surface area contributed by atoms with Crippen molar-refractivity contribution in [2.45, 2.75) is 13.8 Å². The molecule has 2 amide bonds. The molecule has 0 spiro atoms. The van der Waals surface area contributed by atoms with E-state index in [-0.39, 0.29) is 5.97 Å². The number of carbonyl (C=O) groups excluding carboxylic acids is 2. The maximum absolute atomic E-state index is 12.3. The number of aryl methyl sites for hydroxylation is 1. The average molecular weight is 399 g/mol. The minimum atomic E-state index is -0.411. The van der Waals surface area contributed by atoms with Gasteiger partial charge in [0.1, 0.15) is 5.82 Å². The Labute approximate surface area is 167 Å². The monoisotopic (exact) mass is 398 g/mol. The van der Waals surface area contributed by atoms with Crippen LogP contribution in [0.25, 0.3) is 5.69 Å². The minimum Gasteiger partial charge on any atom is -0.462 e. The predicted molar refractivity (Wildman–Crippen MR) is 108 cm³/mol. The van der Waals surface area contributed by atoms with Gasteiger partial charge in [0, 0.05) is 16.8 Å². The van der Waals surface area contributed by atoms with Gasteiger partial charge in [0.05, 0.1) is 23.6 Å². The summed E-state index contributed by atoms with van der Waals surface area (Å²) >= 11 is 5.85. The molecule has 0 fully saturated rings. The van der Waals surface area contributed by atoms with E-state index < -0.39 is 6.03 Å². The summed E-state index contributed by atoms with van der Waals surface area (Å²) in [6.07, 6.45) is 0. The zero-order valence-corrected chi connectivity index (χ0v) is 16.2. The van der Waals surface area contributed by atoms with E-state index in [1.54, 1.807) is 66.2 Å². The lowest BCUT2D eigenvalue weighted by atomic mass is 10.2. The molecule has 1 heterocycles. The van der Waals surface area contributed by atoms with Crippen LogP contribution < -0.4 is 10.6 Å². The number of amides is 2. The highest BCUT2D eigenvalue weighted by Crippen LogP contribution is 2.19. The molecule has 8 heteroatoms. The van der Waals surface area contributed by atoms with Crippen LogP contribution in [0.1, 0.15) is 23.0 Å². The van der Waals surface area contributed by atoms with E-state index in [9.17, 15) is 9.59 Å². The van der Waals surface area contributed by atoms with Crippen LogP contribution in [0.15, 0.2) is 54.6 Å². The summed E-state index contributed by atoms with van der Waals surface area (Å²) in [7, 11) is 0. The van der Waals surface area contributed by atoms with Crippen molar-refractivity contribution in [3.8, 4) is 5.69 Å². The lowest BCUT2D eigenvalue weighted by Crippen LogP contribution is -2.21. The highest BCUT2D eigenvalue weighted by atomic mass is 35.5. The highest BCUT2D eigenvalue weighted by molar-refractivity contribution is 6.30. The number of aromatic nitrogens is 2. The Kier molecular flexibility index (Phi) is 5.96. The standard InChI is InChI=1S/C20H19ClN4O3/c1-3-28-19(26)14-4-10-17(11-5-14)25-18(12-13(2)24-25)23-20(27)22-16-8-6-15(21)7-9-16/h4-12H,3H2,1-2H3,(H2,22,23,27). The number of ether oxygens (including phenoxy) is 1. The number of carbonyl (C=O) groups is 2. The van der Waals surface area contributed by atoms with Gasteiger partial charge in [-0.05, 0) is 62.4 Å². The molecule has 2 aromatic carbocycles. The predicted octanol–water partition coefficient (Wildman–Crippen LogP) is 4.65. The number of nitrogens with one attached hydrogen (secondary N) is 2. The fourth-order valence-corrected chi connectivity index (χ4v) is 2.68. The van der Waals surface area contributed by atoms with Crippen molar-refractivity contribution in [2.24, 2.45) is 0 Å². The fourth-order valence-electron chi connectivity index (χ4n) is 2.55. The SMILES string of the molecule is CCOC(=O)c1ccc(-n2nc(C)cc2NC(=O)Nc2ccc(Cl)cc2)cc1. The average Bonchev–Trinajstić information content (AvgIpc) is 3.04. The normalized spacial score (nSPS) is 10.4. The Hall–Kier alpha value is -3.32. The van der Waals surface area contributed by atoms with Gasteiger partial charge in [0.15, 0.2) is 0 Å². The van der Waals surface area contributed by atoms with Crippen LogP contribution in [0, 0.1) is 6.92 Å². The number of urea groups is 1. The van der Waals surface area contributed by atoms with E-state index in [4.69, 9.17) is 16.3 Å². The Morgan fingerprint density at radius 3 is 2.39 bits per heavy atom. The molecule has 7 nitrogen and oxygen atoms in total. The zero-order valence-electron chi connectivity index (χ0n) is 15.4. The van der Waals surface area contributed by atoms with Crippen molar-refractivity contribution in [3.05, 3.63) is 70.9 Å². The molecule has 3 aromatic rings. The van der Waals surface area contributed by atoms with Crippen LogP contribution in [0.3, 0.4) is 0 Å². The third kappa shape index (κ3) is 4.69. The number of halogens is 1. The second-order valence-corrected chi connectivity index (χ2v) is 6.37. The second-order valence-electron chi connectivity index (χ2n) is 5.94. The van der Waals surface area contributed by atoms with Gasteiger partial charge in [-0.1, -0.05) is 11.6 Å². The molecule has 0 saturated heterocycles. The van der Waals surface area contributed by atoms with Crippen LogP contribution in [-0.2, 0) is 4.74 Å². The van der Waals surface area contributed by atoms with Gasteiger partial charge < -0.3 is 10.1 Å². The number of anilines is 2. The first kappa shape index (κ1) is 19.4. The quantitative estimate of drug-likeness (QED) is 0.612. The number of nitrogens with zero attached hydrogens (tertiary/aromatic N) is 2. The van der Waals surface area contributed by atoms with E-state index in [0.717, 1.165) is 5.69 Å². The van der Waals surface area contributed by atoms with Crippen LogP contribution in [0.4, 0.5) is 16.3 Å². The Balaban J connectivity index is 1.76. The number of rotatable bonds is 5. The second kappa shape index (κ2) is 8.58. The molecule has 0 bridgehead atoms. The summed E-state index contributed by atoms with van der Waals surface area (Å²) in [6, 6.07) is 14.9. The summed E-state index contributed by atoms with van der Waals surface area (Å²) in [5.74, 6) is 0.110. The number of hydrogen-bond donors (Lipinski definition) is 2. The maximum atomic E-state index is 12.3. The van der Waals surface area contributed by atoms with Gasteiger partial charge in [-0.15, -0.1) is 0 Å². The summed E-state index contributed by atoms with van der Waals surface area (Å²) in [4.78, 5) is 24.1. The van der Waals surface area contributed by atoms with Gasteiger partial charge in [-0.2, -0.15) is 5.10 Å². The number of benzene rings is 2. The van der Waals surface area contributed by atoms with Crippen molar-refractivity contribution in [2.75, 3.05) is 17.2 Å². The smallest absolute Gasteiger partial charge is 0.338 e. The first-order valence-electron chi connectivity index (χ1n) is 8.64. The molecule has 0 aliphatic carbocycles. The molecule has 0 atom stereocenters. The molecule has 0 aliphatic rings. The molecule has 0 saturated carbocycles. The van der Waals surface area contributed by atoms with Crippen molar-refractivity contribution >= 4 is 35.1 Å². The van der Waals surface area contributed by atoms with Crippen LogP contribution >= 0.6 is 11.6 Å². The van der Waals surface area contributed by atoms with E-state index in [1.165, 1.54) is 0 Å². The molecule has 144 valence electrons. The van der Waals surface area contributed by atoms with Gasteiger partial charge in [-0.3, -0.25) is 5.32 Å². The van der Waals surface area contributed by atoms with Crippen LogP contribution in [0.5, 0.6) is 0 Å². The topological polar surface area (TPSA) is 85.2 Å². The van der Waals surface area contributed by atoms with Gasteiger partial charge in [0.2, 0.25) is 0 Å². The summed E-state index contributed by atoms with van der Waals surface area (Å²) in [5.41, 5.74) is 2.49. The summed E-state index contributed by atoms with van der Waals surface area (Å²) in [5, 5.41) is 10.5. The number of hydrogen-bond acceptors (Lipinski definition) is 4. The fraction of sp³-hybridized carbons (Fsp3) is 0.150. The van der Waals surface area contributed by atoms with Gasteiger partial charge in [0.25, 0.3) is 0 Å². The molecule has 0 unspecified atom stereocenters. The van der Waals surface area contributed by atoms with Gasteiger partial charge >= 0.3 is 12.0 Å². The molecule has 3 rings (SSSR count). The van der Waals surface area contributed by atoms with E-state index >= 15 is 0 Å². The maximum Gasteiger partial charge on any atom is 0.338 e. The molecular weight excluding hydrogens is 380 g/mol. The van der Waals surface area contributed by atoms with Crippen molar-refractivity contribution < 1.29 is 14.3 Å². The van der Waals surface area contributed by atoms with Crippen LogP contribution in [-0.4, -0.2) is 28.4 Å². The third-order valence-corrected chi connectivity index (χ3v) is 4.05. The lowest BCUT2D eigenvalue weighted by Gasteiger charge is -2.11. The number of esters is 1. The molecular formula is C20H19ClN4O3. The lowest BCUT2D eigenvalue weighted by molar-refractivity contribution is 0.0526. The zero-order chi connectivity index (χ0) is 20.1. The molecule has 2 N–H and O–H groups in total. The van der Waals surface area contributed by atoms with Crippen molar-refractivity contribution in [1.82, 2.24) is 9.78 Å². The van der Waals surface area contributed by atoms with E-state index in [2.05, 4.69) is 15.7 Å². The van der Waals surface area contributed by atoms with Gasteiger partial charge in [-0.25, -0.2) is 14.3 Å². The first-order chi connectivity index (χ1) is 13.5. The Bertz CT molecular complexity index is 982. The van der Waals surface area contributed by atoms with E-state index in [0.29, 0.717) is 34.4 Å². The van der Waals surface area contributed by atoms with Crippen molar-refractivity contribution in [3.63, 3.8) is 0 Å². The Morgan fingerprint density at radius 2 is 1.75 bits per heavy atom. The molecule has 0 radical (unpaired) electrons. The van der Waals surface area contributed by atoms with Crippen molar-refractivity contribution in [1.29, 1.82) is 0 Å². The highest BCUT2D eigenvalue weighted by Gasteiger charge is 2.12. The third-order valence-electron chi connectivity index (χ3n) is 3.80. The first-order valence-corrected chi connectivity index (χ1v) is 9.02. The summed E-state index contributed by atoms with van der Waals surface area (Å²) < 4.78 is 6.57. The molecule has 0 aliphatic heterocycles. The molecule has 1 aromatic heterocycles. The molecule has 28 heavy (non-hydrogen) atoms. The van der Waals surface area contributed by atoms with E-state index in [1.807, 2.05) is 6.92 Å². The summed E-state index contributed by atoms with van der Waals surface area (Å²) in [6.45, 7) is 3.90.